The van der Waals surface area contributed by atoms with Gasteiger partial charge < -0.3 is 10.2 Å². The lowest BCUT2D eigenvalue weighted by atomic mass is 9.84. The third-order valence-electron chi connectivity index (χ3n) is 7.05. The van der Waals surface area contributed by atoms with Crippen molar-refractivity contribution in [2.24, 2.45) is 13.0 Å². The molecule has 1 saturated carbocycles. The van der Waals surface area contributed by atoms with Gasteiger partial charge in [0.25, 0.3) is 5.91 Å². The van der Waals surface area contributed by atoms with Crippen molar-refractivity contribution in [2.45, 2.75) is 57.4 Å². The Morgan fingerprint density at radius 2 is 1.83 bits per heavy atom. The predicted molar refractivity (Wildman–Crippen MR) is 116 cm³/mol. The van der Waals surface area contributed by atoms with E-state index in [1.165, 1.54) is 31.2 Å². The van der Waals surface area contributed by atoms with Crippen molar-refractivity contribution < 1.29 is 4.79 Å². The quantitative estimate of drug-likeness (QED) is 0.808. The first-order chi connectivity index (χ1) is 14.1. The van der Waals surface area contributed by atoms with Crippen LogP contribution in [-0.4, -0.2) is 46.3 Å². The Kier molecular flexibility index (Phi) is 6.34. The zero-order chi connectivity index (χ0) is 20.2. The van der Waals surface area contributed by atoms with Crippen LogP contribution in [-0.2, 0) is 7.05 Å². The van der Waals surface area contributed by atoms with Crippen LogP contribution in [0.4, 0.5) is 0 Å². The molecule has 1 aromatic heterocycles. The topological polar surface area (TPSA) is 50.2 Å². The third-order valence-corrected chi connectivity index (χ3v) is 7.05. The molecule has 5 nitrogen and oxygen atoms in total. The summed E-state index contributed by atoms with van der Waals surface area (Å²) >= 11 is 0. The van der Waals surface area contributed by atoms with Gasteiger partial charge in [0.15, 0.2) is 0 Å². The van der Waals surface area contributed by atoms with Crippen molar-refractivity contribution in [1.82, 2.24) is 20.0 Å². The molecule has 2 heterocycles. The van der Waals surface area contributed by atoms with Crippen molar-refractivity contribution in [3.8, 4) is 0 Å². The maximum atomic E-state index is 12.6. The first-order valence-electron chi connectivity index (χ1n) is 11.2. The van der Waals surface area contributed by atoms with Crippen LogP contribution in [0.5, 0.6) is 0 Å². The second kappa shape index (κ2) is 9.12. The number of rotatable bonds is 6. The highest BCUT2D eigenvalue weighted by Gasteiger charge is 2.30. The molecule has 1 amide bonds. The van der Waals surface area contributed by atoms with Gasteiger partial charge in [-0.05, 0) is 50.0 Å². The number of benzene rings is 1. The summed E-state index contributed by atoms with van der Waals surface area (Å²) in [6, 6.07) is 11.4. The van der Waals surface area contributed by atoms with Crippen LogP contribution in [0.2, 0.25) is 0 Å². The van der Waals surface area contributed by atoms with Crippen LogP contribution in [0.3, 0.4) is 0 Å². The van der Waals surface area contributed by atoms with Gasteiger partial charge in [-0.3, -0.25) is 9.48 Å². The molecule has 1 saturated heterocycles. The van der Waals surface area contributed by atoms with Crippen LogP contribution in [0.1, 0.15) is 66.1 Å². The Morgan fingerprint density at radius 1 is 1.14 bits per heavy atom. The lowest BCUT2D eigenvalue weighted by Crippen LogP contribution is -2.46. The van der Waals surface area contributed by atoms with Crippen LogP contribution < -0.4 is 5.32 Å². The Balaban J connectivity index is 1.32. The Labute approximate surface area is 174 Å². The number of aromatic nitrogens is 2. The predicted octanol–water partition coefficient (Wildman–Crippen LogP) is 3.90. The van der Waals surface area contributed by atoms with E-state index in [1.54, 1.807) is 10.9 Å². The number of nitrogens with zero attached hydrogens (tertiary/aromatic N) is 3. The molecule has 1 unspecified atom stereocenters. The SMILES string of the molecule is Cc1c(C(=O)NC2CCN(CC(c3ccccc3)C3CCCC3)CC2)cnn1C. The Morgan fingerprint density at radius 3 is 2.45 bits per heavy atom. The highest BCUT2D eigenvalue weighted by atomic mass is 16.1. The van der Waals surface area contributed by atoms with E-state index in [0.29, 0.717) is 11.5 Å². The van der Waals surface area contributed by atoms with E-state index in [4.69, 9.17) is 0 Å². The Bertz CT molecular complexity index is 802. The van der Waals surface area contributed by atoms with Crippen LogP contribution in [0, 0.1) is 12.8 Å². The number of hydrogen-bond donors (Lipinski definition) is 1. The number of likely N-dealkylation sites (tertiary alicyclic amines) is 1. The van der Waals surface area contributed by atoms with Crippen molar-refractivity contribution >= 4 is 5.91 Å². The minimum atomic E-state index is 0.0159. The van der Waals surface area contributed by atoms with E-state index >= 15 is 0 Å². The molecule has 4 rings (SSSR count). The number of hydrogen-bond acceptors (Lipinski definition) is 3. The fraction of sp³-hybridized carbons (Fsp3) is 0.583. The summed E-state index contributed by atoms with van der Waals surface area (Å²) < 4.78 is 1.75. The summed E-state index contributed by atoms with van der Waals surface area (Å²) in [6.45, 7) is 5.22. The largest absolute Gasteiger partial charge is 0.349 e. The fourth-order valence-electron chi connectivity index (χ4n) is 5.11. The molecule has 29 heavy (non-hydrogen) atoms. The summed E-state index contributed by atoms with van der Waals surface area (Å²) in [4.78, 5) is 15.2. The molecule has 2 aromatic rings. The van der Waals surface area contributed by atoms with Crippen LogP contribution >= 0.6 is 0 Å². The minimum absolute atomic E-state index is 0.0159. The molecule has 2 aliphatic rings. The Hall–Kier alpha value is -2.14. The molecule has 1 aliphatic heterocycles. The van der Waals surface area contributed by atoms with Crippen molar-refractivity contribution in [3.05, 3.63) is 53.3 Å². The van der Waals surface area contributed by atoms with E-state index in [0.717, 1.165) is 44.1 Å². The molecule has 1 aromatic carbocycles. The molecule has 0 radical (unpaired) electrons. The molecule has 1 aliphatic carbocycles. The molecule has 0 spiro atoms. The van der Waals surface area contributed by atoms with Gasteiger partial charge >= 0.3 is 0 Å². The van der Waals surface area contributed by atoms with Gasteiger partial charge in [0.05, 0.1) is 11.8 Å². The molecule has 2 fully saturated rings. The van der Waals surface area contributed by atoms with E-state index in [9.17, 15) is 4.79 Å². The molecule has 1 atom stereocenters. The maximum Gasteiger partial charge on any atom is 0.254 e. The highest BCUT2D eigenvalue weighted by molar-refractivity contribution is 5.95. The molecule has 156 valence electrons. The second-order valence-corrected chi connectivity index (χ2v) is 8.88. The number of carbonyl (C=O) groups excluding carboxylic acids is 1. The highest BCUT2D eigenvalue weighted by Crippen LogP contribution is 2.38. The van der Waals surface area contributed by atoms with Gasteiger partial charge in [-0.15, -0.1) is 0 Å². The smallest absolute Gasteiger partial charge is 0.254 e. The van der Waals surface area contributed by atoms with E-state index < -0.39 is 0 Å². The number of amides is 1. The molecular formula is C24H34N4O. The van der Waals surface area contributed by atoms with Gasteiger partial charge in [0, 0.05) is 38.4 Å². The van der Waals surface area contributed by atoms with E-state index in [1.807, 2.05) is 14.0 Å². The van der Waals surface area contributed by atoms with Gasteiger partial charge in [-0.1, -0.05) is 43.2 Å². The average Bonchev–Trinajstić information content (AvgIpc) is 3.39. The van der Waals surface area contributed by atoms with Crippen molar-refractivity contribution in [2.75, 3.05) is 19.6 Å². The van der Waals surface area contributed by atoms with E-state index in [2.05, 4.69) is 45.6 Å². The van der Waals surface area contributed by atoms with Crippen LogP contribution in [0.25, 0.3) is 0 Å². The number of piperidine rings is 1. The van der Waals surface area contributed by atoms with Crippen LogP contribution in [0.15, 0.2) is 36.5 Å². The summed E-state index contributed by atoms with van der Waals surface area (Å²) in [6.07, 6.45) is 9.24. The van der Waals surface area contributed by atoms with E-state index in [-0.39, 0.29) is 11.9 Å². The molecule has 0 bridgehead atoms. The summed E-state index contributed by atoms with van der Waals surface area (Å²) in [5.41, 5.74) is 3.12. The first kappa shape index (κ1) is 20.1. The average molecular weight is 395 g/mol. The number of carbonyl (C=O) groups is 1. The lowest BCUT2D eigenvalue weighted by molar-refractivity contribution is 0.0906. The van der Waals surface area contributed by atoms with Gasteiger partial charge in [0.2, 0.25) is 0 Å². The normalized spacial score (nSPS) is 20.1. The van der Waals surface area contributed by atoms with Crippen molar-refractivity contribution in [1.29, 1.82) is 0 Å². The molecule has 5 heteroatoms. The number of nitrogens with one attached hydrogen (secondary N) is 1. The standard InChI is InChI=1S/C24H34N4O/c1-18-22(16-25-27(18)2)24(29)26-21-12-14-28(15-13-21)17-23(20-10-6-7-11-20)19-8-4-3-5-9-19/h3-5,8-9,16,20-21,23H,6-7,10-15,17H2,1-2H3,(H,26,29). The lowest BCUT2D eigenvalue weighted by Gasteiger charge is -2.36. The van der Waals surface area contributed by atoms with Gasteiger partial charge in [-0.25, -0.2) is 0 Å². The van der Waals surface area contributed by atoms with Crippen molar-refractivity contribution in [3.63, 3.8) is 0 Å². The summed E-state index contributed by atoms with van der Waals surface area (Å²) in [5, 5.41) is 7.42. The number of aryl methyl sites for hydroxylation is 1. The van der Waals surface area contributed by atoms with Gasteiger partial charge in [-0.2, -0.15) is 5.10 Å². The minimum Gasteiger partial charge on any atom is -0.349 e. The third kappa shape index (κ3) is 4.72. The molecule has 1 N–H and O–H groups in total. The van der Waals surface area contributed by atoms with Gasteiger partial charge in [0.1, 0.15) is 0 Å². The summed E-state index contributed by atoms with van der Waals surface area (Å²) in [5.74, 6) is 1.48. The second-order valence-electron chi connectivity index (χ2n) is 8.88. The molecular weight excluding hydrogens is 360 g/mol. The fourth-order valence-corrected chi connectivity index (χ4v) is 5.11. The monoisotopic (exact) mass is 394 g/mol. The first-order valence-corrected chi connectivity index (χ1v) is 11.2. The maximum absolute atomic E-state index is 12.6. The zero-order valence-corrected chi connectivity index (χ0v) is 17.8. The summed E-state index contributed by atoms with van der Waals surface area (Å²) in [7, 11) is 1.87. The zero-order valence-electron chi connectivity index (χ0n) is 17.8.